The number of alkyl halides is 3. The number of fused-ring (bicyclic) bond motifs is 1. The van der Waals surface area contributed by atoms with Gasteiger partial charge in [0.25, 0.3) is 0 Å². The molecule has 2 heterocycles. The Morgan fingerprint density at radius 2 is 1.85 bits per heavy atom. The molecule has 2 aromatic heterocycles. The Labute approximate surface area is 112 Å². The van der Waals surface area contributed by atoms with Gasteiger partial charge in [0, 0.05) is 11.5 Å². The first-order valence-electron chi connectivity index (χ1n) is 5.72. The van der Waals surface area contributed by atoms with E-state index in [2.05, 4.69) is 10.1 Å². The van der Waals surface area contributed by atoms with E-state index in [1.54, 1.807) is 20.8 Å². The second kappa shape index (κ2) is 4.19. The molecule has 0 aliphatic heterocycles. The van der Waals surface area contributed by atoms with E-state index >= 15 is 0 Å². The van der Waals surface area contributed by atoms with Crippen molar-refractivity contribution >= 4 is 11.6 Å². The smallest absolute Gasteiger partial charge is 0.435 e. The molecule has 0 amide bonds. The molecular formula is C12H12F3N3O2. The van der Waals surface area contributed by atoms with Gasteiger partial charge in [0.1, 0.15) is 0 Å². The fourth-order valence-corrected chi connectivity index (χ4v) is 1.76. The SMILES string of the molecule is CC(C)(C)c1cc(C(=O)O)nc2cc(C(F)(F)F)nn12. The van der Waals surface area contributed by atoms with Crippen LogP contribution in [0.15, 0.2) is 12.1 Å². The molecule has 20 heavy (non-hydrogen) atoms. The van der Waals surface area contributed by atoms with Crippen molar-refractivity contribution in [1.29, 1.82) is 0 Å². The molecule has 0 saturated heterocycles. The summed E-state index contributed by atoms with van der Waals surface area (Å²) in [6.07, 6.45) is -4.60. The molecule has 1 N–H and O–H groups in total. The van der Waals surface area contributed by atoms with Crippen LogP contribution in [-0.2, 0) is 11.6 Å². The first-order valence-corrected chi connectivity index (χ1v) is 5.72. The molecule has 0 saturated carbocycles. The van der Waals surface area contributed by atoms with Crippen LogP contribution >= 0.6 is 0 Å². The number of nitrogens with zero attached hydrogens (tertiary/aromatic N) is 3. The van der Waals surface area contributed by atoms with Crippen LogP contribution < -0.4 is 0 Å². The molecule has 0 spiro atoms. The standard InChI is InChI=1S/C12H12F3N3O2/c1-11(2,3)8-4-6(10(19)20)16-9-5-7(12(13,14)15)17-18(8)9/h4-5H,1-3H3,(H,19,20). The van der Waals surface area contributed by atoms with E-state index in [4.69, 9.17) is 5.11 Å². The summed E-state index contributed by atoms with van der Waals surface area (Å²) >= 11 is 0. The third kappa shape index (κ3) is 2.45. The molecule has 8 heteroatoms. The van der Waals surface area contributed by atoms with Crippen molar-refractivity contribution in [3.63, 3.8) is 0 Å². The molecule has 0 aliphatic carbocycles. The number of carbonyl (C=O) groups is 1. The van der Waals surface area contributed by atoms with Crippen LogP contribution in [0, 0.1) is 0 Å². The number of rotatable bonds is 1. The highest BCUT2D eigenvalue weighted by molar-refractivity contribution is 5.86. The zero-order valence-corrected chi connectivity index (χ0v) is 11.0. The van der Waals surface area contributed by atoms with Crippen molar-refractivity contribution in [3.05, 3.63) is 29.2 Å². The van der Waals surface area contributed by atoms with Crippen molar-refractivity contribution in [1.82, 2.24) is 14.6 Å². The van der Waals surface area contributed by atoms with Crippen molar-refractivity contribution in [2.24, 2.45) is 0 Å². The Morgan fingerprint density at radius 3 is 2.30 bits per heavy atom. The summed E-state index contributed by atoms with van der Waals surface area (Å²) in [7, 11) is 0. The first-order chi connectivity index (χ1) is 9.00. The van der Waals surface area contributed by atoms with Gasteiger partial charge in [0.05, 0.1) is 5.69 Å². The summed E-state index contributed by atoms with van der Waals surface area (Å²) in [5.74, 6) is -1.30. The van der Waals surface area contributed by atoms with E-state index in [0.29, 0.717) is 5.69 Å². The van der Waals surface area contributed by atoms with E-state index < -0.39 is 23.3 Å². The van der Waals surface area contributed by atoms with Gasteiger partial charge in [-0.05, 0) is 6.07 Å². The molecule has 108 valence electrons. The normalized spacial score (nSPS) is 12.9. The first kappa shape index (κ1) is 14.3. The largest absolute Gasteiger partial charge is 0.477 e. The second-order valence-corrected chi connectivity index (χ2v) is 5.38. The third-order valence-corrected chi connectivity index (χ3v) is 2.71. The summed E-state index contributed by atoms with van der Waals surface area (Å²) in [4.78, 5) is 14.7. The zero-order chi connectivity index (χ0) is 15.3. The fraction of sp³-hybridized carbons (Fsp3) is 0.417. The minimum absolute atomic E-state index is 0.137. The van der Waals surface area contributed by atoms with Crippen molar-refractivity contribution in [3.8, 4) is 0 Å². The Kier molecular flexibility index (Phi) is 2.99. The third-order valence-electron chi connectivity index (χ3n) is 2.71. The van der Waals surface area contributed by atoms with Crippen LogP contribution in [0.4, 0.5) is 13.2 Å². The van der Waals surface area contributed by atoms with Crippen LogP contribution in [-0.4, -0.2) is 25.7 Å². The molecule has 0 atom stereocenters. The van der Waals surface area contributed by atoms with E-state index in [1.165, 1.54) is 6.07 Å². The van der Waals surface area contributed by atoms with Gasteiger partial charge in [0.2, 0.25) is 0 Å². The summed E-state index contributed by atoms with van der Waals surface area (Å²) in [6.45, 7) is 5.26. The van der Waals surface area contributed by atoms with Gasteiger partial charge in [-0.2, -0.15) is 18.3 Å². The van der Waals surface area contributed by atoms with Gasteiger partial charge in [-0.1, -0.05) is 20.8 Å². The van der Waals surface area contributed by atoms with Crippen molar-refractivity contribution in [2.45, 2.75) is 32.4 Å². The van der Waals surface area contributed by atoms with Crippen LogP contribution in [0.25, 0.3) is 5.65 Å². The number of aromatic carboxylic acids is 1. The number of aromatic nitrogens is 3. The predicted molar refractivity (Wildman–Crippen MR) is 63.6 cm³/mol. The molecule has 2 aromatic rings. The van der Waals surface area contributed by atoms with E-state index in [-0.39, 0.29) is 11.3 Å². The van der Waals surface area contributed by atoms with Crippen molar-refractivity contribution < 1.29 is 23.1 Å². The Hall–Kier alpha value is -2.12. The summed E-state index contributed by atoms with van der Waals surface area (Å²) in [5, 5.41) is 12.5. The highest BCUT2D eigenvalue weighted by Gasteiger charge is 2.35. The van der Waals surface area contributed by atoms with Crippen LogP contribution in [0.2, 0.25) is 0 Å². The number of hydrogen-bond acceptors (Lipinski definition) is 3. The Balaban J connectivity index is 2.81. The summed E-state index contributed by atoms with van der Waals surface area (Å²) in [6, 6.07) is 1.98. The van der Waals surface area contributed by atoms with E-state index in [1.807, 2.05) is 0 Å². The minimum Gasteiger partial charge on any atom is -0.477 e. The van der Waals surface area contributed by atoms with Gasteiger partial charge >= 0.3 is 12.1 Å². The fourth-order valence-electron chi connectivity index (χ4n) is 1.76. The van der Waals surface area contributed by atoms with Crippen LogP contribution in [0.1, 0.15) is 42.6 Å². The molecule has 0 fully saturated rings. The lowest BCUT2D eigenvalue weighted by atomic mass is 9.91. The lowest BCUT2D eigenvalue weighted by molar-refractivity contribution is -0.141. The molecular weight excluding hydrogens is 275 g/mol. The highest BCUT2D eigenvalue weighted by atomic mass is 19.4. The maximum atomic E-state index is 12.7. The quantitative estimate of drug-likeness (QED) is 0.875. The topological polar surface area (TPSA) is 67.5 Å². The van der Waals surface area contributed by atoms with Gasteiger partial charge in [-0.15, -0.1) is 0 Å². The summed E-state index contributed by atoms with van der Waals surface area (Å²) < 4.78 is 39.1. The van der Waals surface area contributed by atoms with Gasteiger partial charge < -0.3 is 5.11 Å². The van der Waals surface area contributed by atoms with E-state index in [0.717, 1.165) is 10.6 Å². The molecule has 0 unspecified atom stereocenters. The maximum absolute atomic E-state index is 12.7. The maximum Gasteiger partial charge on any atom is 0.435 e. The molecule has 0 aromatic carbocycles. The van der Waals surface area contributed by atoms with Gasteiger partial charge in [-0.3, -0.25) is 0 Å². The van der Waals surface area contributed by atoms with Crippen LogP contribution in [0.3, 0.4) is 0 Å². The minimum atomic E-state index is -4.60. The number of hydrogen-bond donors (Lipinski definition) is 1. The average Bonchev–Trinajstić information content (AvgIpc) is 2.68. The van der Waals surface area contributed by atoms with Gasteiger partial charge in [0.15, 0.2) is 17.0 Å². The molecule has 0 aliphatic rings. The monoisotopic (exact) mass is 287 g/mol. The Bertz CT molecular complexity index is 684. The van der Waals surface area contributed by atoms with E-state index in [9.17, 15) is 18.0 Å². The second-order valence-electron chi connectivity index (χ2n) is 5.38. The Morgan fingerprint density at radius 1 is 1.25 bits per heavy atom. The molecule has 0 bridgehead atoms. The summed E-state index contributed by atoms with van der Waals surface area (Å²) in [5.41, 5.74) is -1.79. The number of carboxylic acid groups (broad SMARTS) is 1. The predicted octanol–water partition coefficient (Wildman–Crippen LogP) is 2.74. The zero-order valence-electron chi connectivity index (χ0n) is 11.0. The lowest BCUT2D eigenvalue weighted by Gasteiger charge is -2.20. The average molecular weight is 287 g/mol. The number of halogens is 3. The van der Waals surface area contributed by atoms with Gasteiger partial charge in [-0.25, -0.2) is 14.3 Å². The molecule has 2 rings (SSSR count). The number of carboxylic acids is 1. The molecule has 0 radical (unpaired) electrons. The molecule has 5 nitrogen and oxygen atoms in total. The highest BCUT2D eigenvalue weighted by Crippen LogP contribution is 2.30. The van der Waals surface area contributed by atoms with Crippen molar-refractivity contribution in [2.75, 3.05) is 0 Å². The van der Waals surface area contributed by atoms with Crippen LogP contribution in [0.5, 0.6) is 0 Å². The lowest BCUT2D eigenvalue weighted by Crippen LogP contribution is -2.19.